The monoisotopic (exact) mass is 368 g/mol. The molecule has 0 radical (unpaired) electrons. The molecule has 0 unspecified atom stereocenters. The molecule has 7 nitrogen and oxygen atoms in total. The highest BCUT2D eigenvalue weighted by molar-refractivity contribution is 7.86. The lowest BCUT2D eigenvalue weighted by Gasteiger charge is -2.47. The number of benzene rings is 1. The van der Waals surface area contributed by atoms with Gasteiger partial charge in [-0.15, -0.1) is 0 Å². The van der Waals surface area contributed by atoms with Crippen LogP contribution in [0.2, 0.25) is 0 Å². The van der Waals surface area contributed by atoms with Crippen molar-refractivity contribution in [2.24, 2.45) is 0 Å². The van der Waals surface area contributed by atoms with E-state index in [9.17, 15) is 13.2 Å². The number of carbonyl (C=O) groups is 1. The van der Waals surface area contributed by atoms with Crippen LogP contribution < -0.4 is 0 Å². The van der Waals surface area contributed by atoms with Crippen molar-refractivity contribution in [3.8, 4) is 0 Å². The number of rotatable bonds is 4. The molecule has 136 valence electrons. The summed E-state index contributed by atoms with van der Waals surface area (Å²) in [6.07, 6.45) is 0.631. The molecule has 8 heteroatoms. The first-order chi connectivity index (χ1) is 11.6. The Hall–Kier alpha value is -1.74. The second-order valence-corrected chi connectivity index (χ2v) is 8.06. The topological polar surface area (TPSA) is 88.1 Å². The Morgan fingerprint density at radius 3 is 2.48 bits per heavy atom. The number of esters is 1. The Morgan fingerprint density at radius 2 is 1.84 bits per heavy atom. The van der Waals surface area contributed by atoms with E-state index in [2.05, 4.69) is 0 Å². The van der Waals surface area contributed by atoms with Gasteiger partial charge in [-0.25, -0.2) is 4.79 Å². The average Bonchev–Trinajstić information content (AvgIpc) is 2.52. The fraction of sp³-hybridized carbons (Fsp3) is 0.471. The zero-order valence-electron chi connectivity index (χ0n) is 14.1. The van der Waals surface area contributed by atoms with E-state index in [1.54, 1.807) is 44.2 Å². The number of ether oxygens (including phenoxy) is 3. The second-order valence-electron chi connectivity index (χ2n) is 6.46. The van der Waals surface area contributed by atoms with E-state index < -0.39 is 46.3 Å². The molecule has 0 aliphatic carbocycles. The first kappa shape index (κ1) is 18.1. The molecule has 2 aliphatic rings. The Kier molecular flexibility index (Phi) is 4.72. The molecule has 0 spiro atoms. The molecule has 2 aliphatic heterocycles. The van der Waals surface area contributed by atoms with Crippen LogP contribution in [0.5, 0.6) is 0 Å². The van der Waals surface area contributed by atoms with Gasteiger partial charge in [0.05, 0.1) is 6.26 Å². The van der Waals surface area contributed by atoms with E-state index in [-0.39, 0.29) is 0 Å². The van der Waals surface area contributed by atoms with Crippen molar-refractivity contribution in [1.29, 1.82) is 0 Å². The zero-order chi connectivity index (χ0) is 18.2. The normalized spacial score (nSPS) is 29.6. The SMILES string of the molecule is CC1(C)O[C@H]([C@@H](OS(C)(=O)=O)c2ccccc2)[C@@H]2OC(=O)C=C[C@@H]2O1. The standard InChI is InChI=1S/C17H20O7S/c1-17(2)22-12-9-10-13(18)21-15(12)16(23-17)14(24-25(3,19)20)11-7-5-4-6-8-11/h4-10,12,14-16H,1-3H3/t12-,14-,15+,16+/m0/s1. The van der Waals surface area contributed by atoms with Gasteiger partial charge in [-0.1, -0.05) is 30.3 Å². The Bertz CT molecular complexity index is 769. The minimum atomic E-state index is -3.79. The molecule has 25 heavy (non-hydrogen) atoms. The maximum Gasteiger partial charge on any atom is 0.330 e. The highest BCUT2D eigenvalue weighted by Gasteiger charge is 2.50. The van der Waals surface area contributed by atoms with E-state index in [1.165, 1.54) is 6.08 Å². The zero-order valence-corrected chi connectivity index (χ0v) is 14.9. The fourth-order valence-electron chi connectivity index (χ4n) is 3.00. The minimum absolute atomic E-state index is 0.538. The number of hydrogen-bond donors (Lipinski definition) is 0. The first-order valence-corrected chi connectivity index (χ1v) is 9.64. The van der Waals surface area contributed by atoms with Gasteiger partial charge in [0.2, 0.25) is 0 Å². The van der Waals surface area contributed by atoms with Gasteiger partial charge in [0.15, 0.2) is 11.9 Å². The summed E-state index contributed by atoms with van der Waals surface area (Å²) in [5, 5.41) is 0. The molecule has 1 aromatic rings. The van der Waals surface area contributed by atoms with E-state index in [0.717, 1.165) is 6.26 Å². The van der Waals surface area contributed by atoms with Crippen LogP contribution in [0.1, 0.15) is 25.5 Å². The largest absolute Gasteiger partial charge is 0.453 e. The first-order valence-electron chi connectivity index (χ1n) is 7.82. The fourth-order valence-corrected chi connectivity index (χ4v) is 3.60. The van der Waals surface area contributed by atoms with Crippen LogP contribution in [0.15, 0.2) is 42.5 Å². The molecule has 2 heterocycles. The summed E-state index contributed by atoms with van der Waals surface area (Å²) < 4.78 is 46.0. The third-order valence-corrected chi connectivity index (χ3v) is 4.42. The van der Waals surface area contributed by atoms with E-state index in [0.29, 0.717) is 5.56 Å². The lowest BCUT2D eigenvalue weighted by Crippen LogP contribution is -2.58. The van der Waals surface area contributed by atoms with Crippen molar-refractivity contribution in [1.82, 2.24) is 0 Å². The van der Waals surface area contributed by atoms with Crippen molar-refractivity contribution in [3.63, 3.8) is 0 Å². The van der Waals surface area contributed by atoms with Gasteiger partial charge in [-0.2, -0.15) is 8.42 Å². The lowest BCUT2D eigenvalue weighted by molar-refractivity contribution is -0.337. The second kappa shape index (κ2) is 6.53. The third-order valence-electron chi connectivity index (χ3n) is 3.87. The number of fused-ring (bicyclic) bond motifs is 1. The molecule has 4 atom stereocenters. The van der Waals surface area contributed by atoms with Crippen LogP contribution in [0, 0.1) is 0 Å². The summed E-state index contributed by atoms with van der Waals surface area (Å²) in [5.41, 5.74) is 0.597. The van der Waals surface area contributed by atoms with Gasteiger partial charge >= 0.3 is 5.97 Å². The van der Waals surface area contributed by atoms with Crippen molar-refractivity contribution < 1.29 is 31.6 Å². The van der Waals surface area contributed by atoms with Crippen LogP contribution in [-0.4, -0.2) is 44.7 Å². The molecule has 1 saturated heterocycles. The lowest BCUT2D eigenvalue weighted by atomic mass is 9.94. The van der Waals surface area contributed by atoms with Crippen LogP contribution in [0.3, 0.4) is 0 Å². The highest BCUT2D eigenvalue weighted by atomic mass is 32.2. The van der Waals surface area contributed by atoms with Gasteiger partial charge in [-0.3, -0.25) is 4.18 Å². The van der Waals surface area contributed by atoms with Gasteiger partial charge in [-0.05, 0) is 25.5 Å². The molecule has 0 amide bonds. The van der Waals surface area contributed by atoms with Crippen molar-refractivity contribution in [2.45, 2.75) is 44.1 Å². The smallest absolute Gasteiger partial charge is 0.330 e. The molecular weight excluding hydrogens is 348 g/mol. The molecule has 1 fully saturated rings. The Morgan fingerprint density at radius 1 is 1.16 bits per heavy atom. The van der Waals surface area contributed by atoms with Gasteiger partial charge < -0.3 is 14.2 Å². The molecule has 1 aromatic carbocycles. The van der Waals surface area contributed by atoms with E-state index >= 15 is 0 Å². The van der Waals surface area contributed by atoms with Crippen molar-refractivity contribution >= 4 is 16.1 Å². The molecule has 0 N–H and O–H groups in total. The summed E-state index contributed by atoms with van der Waals surface area (Å²) >= 11 is 0. The van der Waals surface area contributed by atoms with Gasteiger partial charge in [0.25, 0.3) is 10.1 Å². The predicted molar refractivity (Wildman–Crippen MR) is 88.0 cm³/mol. The summed E-state index contributed by atoms with van der Waals surface area (Å²) in [6, 6.07) is 8.81. The number of carbonyl (C=O) groups excluding carboxylic acids is 1. The maximum absolute atomic E-state index is 11.8. The minimum Gasteiger partial charge on any atom is -0.453 e. The molecule has 3 rings (SSSR count). The van der Waals surface area contributed by atoms with Gasteiger partial charge in [0.1, 0.15) is 18.3 Å². The summed E-state index contributed by atoms with van der Waals surface area (Å²) in [6.45, 7) is 3.42. The highest BCUT2D eigenvalue weighted by Crippen LogP contribution is 2.39. The van der Waals surface area contributed by atoms with Crippen LogP contribution in [-0.2, 0) is 33.3 Å². The van der Waals surface area contributed by atoms with Crippen LogP contribution in [0.25, 0.3) is 0 Å². The average molecular weight is 368 g/mol. The van der Waals surface area contributed by atoms with Crippen molar-refractivity contribution in [2.75, 3.05) is 6.26 Å². The summed E-state index contributed by atoms with van der Waals surface area (Å²) in [5.74, 6) is -1.54. The third kappa shape index (κ3) is 4.27. The molecular formula is C17H20O7S. The van der Waals surface area contributed by atoms with Gasteiger partial charge in [0, 0.05) is 6.08 Å². The molecule has 0 saturated carbocycles. The predicted octanol–water partition coefficient (Wildman–Crippen LogP) is 1.71. The quantitative estimate of drug-likeness (QED) is 0.590. The maximum atomic E-state index is 11.8. The van der Waals surface area contributed by atoms with Crippen LogP contribution >= 0.6 is 0 Å². The molecule has 0 bridgehead atoms. The van der Waals surface area contributed by atoms with Crippen molar-refractivity contribution in [3.05, 3.63) is 48.0 Å². The number of hydrogen-bond acceptors (Lipinski definition) is 7. The van der Waals surface area contributed by atoms with E-state index in [1.807, 2.05) is 6.07 Å². The van der Waals surface area contributed by atoms with Crippen LogP contribution in [0.4, 0.5) is 0 Å². The summed E-state index contributed by atoms with van der Waals surface area (Å²) in [7, 11) is -3.79. The summed E-state index contributed by atoms with van der Waals surface area (Å²) in [4.78, 5) is 11.7. The Balaban J connectivity index is 2.02. The van der Waals surface area contributed by atoms with E-state index in [4.69, 9.17) is 18.4 Å². The Labute approximate surface area is 146 Å². The molecule has 0 aromatic heterocycles.